The van der Waals surface area contributed by atoms with Gasteiger partial charge in [0.15, 0.2) is 0 Å². The average Bonchev–Trinajstić information content (AvgIpc) is 2.94. The molecule has 6 nitrogen and oxygen atoms in total. The number of hydrogen-bond acceptors (Lipinski definition) is 4. The molecule has 24 heavy (non-hydrogen) atoms. The molecule has 3 rings (SSSR count). The van der Waals surface area contributed by atoms with Crippen LogP contribution >= 0.6 is 11.6 Å². The molecule has 0 aliphatic carbocycles. The normalized spacial score (nSPS) is 14.2. The van der Waals surface area contributed by atoms with Crippen LogP contribution in [0, 0.1) is 0 Å². The van der Waals surface area contributed by atoms with Crippen LogP contribution < -0.4 is 10.1 Å². The molecular weight excluding hydrogens is 328 g/mol. The zero-order chi connectivity index (χ0) is 16.9. The monoisotopic (exact) mass is 348 g/mol. The Morgan fingerprint density at radius 3 is 2.96 bits per heavy atom. The van der Waals surface area contributed by atoms with Gasteiger partial charge in [-0.2, -0.15) is 0 Å². The van der Waals surface area contributed by atoms with Gasteiger partial charge >= 0.3 is 0 Å². The van der Waals surface area contributed by atoms with Gasteiger partial charge < -0.3 is 14.6 Å². The first-order valence-electron chi connectivity index (χ1n) is 7.98. The largest absolute Gasteiger partial charge is 0.492 e. The fraction of sp³-hybridized carbons (Fsp3) is 0.412. The Hall–Kier alpha value is -2.05. The number of halogens is 1. The van der Waals surface area contributed by atoms with Crippen LogP contribution in [0.3, 0.4) is 0 Å². The predicted octanol–water partition coefficient (Wildman–Crippen LogP) is 1.63. The number of fused-ring (bicyclic) bond motifs is 1. The summed E-state index contributed by atoms with van der Waals surface area (Å²) in [7, 11) is 2.01. The van der Waals surface area contributed by atoms with Crippen LogP contribution in [0.25, 0.3) is 0 Å². The maximum Gasteiger partial charge on any atom is 0.234 e. The summed E-state index contributed by atoms with van der Waals surface area (Å²) in [5, 5.41) is 3.56. The summed E-state index contributed by atoms with van der Waals surface area (Å²) in [6.45, 7) is 2.89. The number of aromatic nitrogens is 2. The Kier molecular flexibility index (Phi) is 5.37. The van der Waals surface area contributed by atoms with Crippen molar-refractivity contribution in [1.82, 2.24) is 19.8 Å². The van der Waals surface area contributed by atoms with Crippen molar-refractivity contribution < 1.29 is 9.53 Å². The topological polar surface area (TPSA) is 59.4 Å². The summed E-state index contributed by atoms with van der Waals surface area (Å²) in [5.74, 6) is 0.751. The molecule has 7 heteroatoms. The molecule has 1 aliphatic rings. The second-order valence-electron chi connectivity index (χ2n) is 5.86. The number of imidazole rings is 1. The van der Waals surface area contributed by atoms with E-state index in [0.29, 0.717) is 24.7 Å². The number of carbonyl (C=O) groups is 1. The van der Waals surface area contributed by atoms with Crippen LogP contribution in [-0.4, -0.2) is 46.6 Å². The molecule has 2 aromatic rings. The van der Waals surface area contributed by atoms with Gasteiger partial charge in [0.25, 0.3) is 0 Å². The highest BCUT2D eigenvalue weighted by atomic mass is 35.5. The average molecular weight is 349 g/mol. The highest BCUT2D eigenvalue weighted by molar-refractivity contribution is 6.30. The zero-order valence-electron chi connectivity index (χ0n) is 13.7. The SMILES string of the molecule is Cn1cnc2c1CCN(CC(=O)NCCOc1ccc(Cl)cc1)C2. The van der Waals surface area contributed by atoms with Crippen molar-refractivity contribution in [3.8, 4) is 5.75 Å². The van der Waals surface area contributed by atoms with E-state index in [4.69, 9.17) is 16.3 Å². The van der Waals surface area contributed by atoms with Crippen LogP contribution in [0.15, 0.2) is 30.6 Å². The number of nitrogens with zero attached hydrogens (tertiary/aromatic N) is 3. The standard InChI is InChI=1S/C17H21ClN4O2/c1-21-12-20-15-10-22(8-6-16(15)21)11-17(23)19-7-9-24-14-4-2-13(18)3-5-14/h2-5,12H,6-11H2,1H3,(H,19,23). The van der Waals surface area contributed by atoms with Gasteiger partial charge in [-0.1, -0.05) is 11.6 Å². The summed E-state index contributed by atoms with van der Waals surface area (Å²) in [5.41, 5.74) is 2.34. The summed E-state index contributed by atoms with van der Waals surface area (Å²) >= 11 is 5.82. The zero-order valence-corrected chi connectivity index (χ0v) is 14.4. The molecule has 0 saturated heterocycles. The Morgan fingerprint density at radius 1 is 1.38 bits per heavy atom. The predicted molar refractivity (Wildman–Crippen MR) is 92.1 cm³/mol. The second kappa shape index (κ2) is 7.68. The molecule has 0 unspecified atom stereocenters. The molecular formula is C17H21ClN4O2. The molecule has 1 aromatic heterocycles. The minimum Gasteiger partial charge on any atom is -0.492 e. The van der Waals surface area contributed by atoms with Crippen molar-refractivity contribution in [3.05, 3.63) is 47.0 Å². The minimum absolute atomic E-state index is 0.00841. The van der Waals surface area contributed by atoms with Gasteiger partial charge in [-0.3, -0.25) is 9.69 Å². The van der Waals surface area contributed by atoms with Crippen LogP contribution in [0.5, 0.6) is 5.75 Å². The third-order valence-corrected chi connectivity index (χ3v) is 4.31. The molecule has 0 atom stereocenters. The number of benzene rings is 1. The van der Waals surface area contributed by atoms with Crippen molar-refractivity contribution >= 4 is 17.5 Å². The molecule has 0 fully saturated rings. The van der Waals surface area contributed by atoms with Crippen molar-refractivity contribution in [1.29, 1.82) is 0 Å². The summed E-state index contributed by atoms with van der Waals surface area (Å²) in [4.78, 5) is 18.5. The van der Waals surface area contributed by atoms with Gasteiger partial charge in [0.1, 0.15) is 12.4 Å². The van der Waals surface area contributed by atoms with Crippen LogP contribution in [-0.2, 0) is 24.8 Å². The molecule has 1 aromatic carbocycles. The number of carbonyl (C=O) groups excluding carboxylic acids is 1. The molecule has 0 radical (unpaired) electrons. The molecule has 0 spiro atoms. The summed E-state index contributed by atoms with van der Waals surface area (Å²) < 4.78 is 7.61. The Morgan fingerprint density at radius 2 is 2.17 bits per heavy atom. The lowest BCUT2D eigenvalue weighted by Gasteiger charge is -2.25. The van der Waals surface area contributed by atoms with Gasteiger partial charge in [0, 0.05) is 37.3 Å². The second-order valence-corrected chi connectivity index (χ2v) is 6.30. The van der Waals surface area contributed by atoms with Crippen molar-refractivity contribution in [3.63, 3.8) is 0 Å². The first-order valence-corrected chi connectivity index (χ1v) is 8.36. The van der Waals surface area contributed by atoms with Gasteiger partial charge in [-0.15, -0.1) is 0 Å². The van der Waals surface area contributed by atoms with E-state index in [9.17, 15) is 4.79 Å². The number of hydrogen-bond donors (Lipinski definition) is 1. The number of aryl methyl sites for hydroxylation is 1. The molecule has 1 amide bonds. The van der Waals surface area contributed by atoms with E-state index >= 15 is 0 Å². The lowest BCUT2D eigenvalue weighted by molar-refractivity contribution is -0.122. The minimum atomic E-state index is 0.00841. The highest BCUT2D eigenvalue weighted by Crippen LogP contribution is 2.16. The van der Waals surface area contributed by atoms with E-state index in [2.05, 4.69) is 19.8 Å². The van der Waals surface area contributed by atoms with Crippen LogP contribution in [0.1, 0.15) is 11.4 Å². The molecule has 1 aliphatic heterocycles. The smallest absolute Gasteiger partial charge is 0.234 e. The quantitative estimate of drug-likeness (QED) is 0.806. The van der Waals surface area contributed by atoms with Crippen LogP contribution in [0.4, 0.5) is 0 Å². The van der Waals surface area contributed by atoms with Crippen LogP contribution in [0.2, 0.25) is 5.02 Å². The van der Waals surface area contributed by atoms with Crippen molar-refractivity contribution in [2.75, 3.05) is 26.2 Å². The van der Waals surface area contributed by atoms with E-state index in [-0.39, 0.29) is 5.91 Å². The lowest BCUT2D eigenvalue weighted by atomic mass is 10.1. The lowest BCUT2D eigenvalue weighted by Crippen LogP contribution is -2.41. The summed E-state index contributed by atoms with van der Waals surface area (Å²) in [6, 6.07) is 7.17. The van der Waals surface area contributed by atoms with E-state index in [1.165, 1.54) is 5.69 Å². The Balaban J connectivity index is 1.36. The van der Waals surface area contributed by atoms with Gasteiger partial charge in [0.2, 0.25) is 5.91 Å². The fourth-order valence-electron chi connectivity index (χ4n) is 2.80. The number of amides is 1. The van der Waals surface area contributed by atoms with Gasteiger partial charge in [-0.05, 0) is 24.3 Å². The molecule has 1 N–H and O–H groups in total. The van der Waals surface area contributed by atoms with Gasteiger partial charge in [0.05, 0.1) is 25.1 Å². The van der Waals surface area contributed by atoms with E-state index in [1.54, 1.807) is 12.1 Å². The molecule has 0 saturated carbocycles. The number of nitrogens with one attached hydrogen (secondary N) is 1. The molecule has 128 valence electrons. The number of rotatable bonds is 6. The summed E-state index contributed by atoms with van der Waals surface area (Å²) in [6.07, 6.45) is 2.77. The van der Waals surface area contributed by atoms with E-state index in [1.807, 2.05) is 25.5 Å². The van der Waals surface area contributed by atoms with E-state index < -0.39 is 0 Å². The molecule has 2 heterocycles. The highest BCUT2D eigenvalue weighted by Gasteiger charge is 2.21. The fourth-order valence-corrected chi connectivity index (χ4v) is 2.92. The van der Waals surface area contributed by atoms with Crippen molar-refractivity contribution in [2.24, 2.45) is 7.05 Å². The number of ether oxygens (including phenoxy) is 1. The third kappa shape index (κ3) is 4.27. The maximum atomic E-state index is 12.0. The Labute approximate surface area is 146 Å². The van der Waals surface area contributed by atoms with E-state index in [0.717, 1.165) is 31.0 Å². The Bertz CT molecular complexity index is 699. The maximum absolute atomic E-state index is 12.0. The van der Waals surface area contributed by atoms with Gasteiger partial charge in [-0.25, -0.2) is 4.98 Å². The third-order valence-electron chi connectivity index (χ3n) is 4.06. The molecule has 0 bridgehead atoms. The van der Waals surface area contributed by atoms with Crippen molar-refractivity contribution in [2.45, 2.75) is 13.0 Å². The first kappa shape index (κ1) is 16.8. The first-order chi connectivity index (χ1) is 11.6.